The highest BCUT2D eigenvalue weighted by atomic mass is 35.5. The fourth-order valence-corrected chi connectivity index (χ4v) is 2.92. The number of benzene rings is 2. The minimum atomic E-state index is -0.935. The van der Waals surface area contributed by atoms with Crippen molar-refractivity contribution in [2.45, 2.75) is 18.6 Å². The Bertz CT molecular complexity index is 788. The molecule has 0 amide bonds. The van der Waals surface area contributed by atoms with E-state index in [1.165, 1.54) is 24.3 Å². The Kier molecular flexibility index (Phi) is 4.64. The largest absolute Gasteiger partial charge is 0.378 e. The Balaban J connectivity index is 1.81. The van der Waals surface area contributed by atoms with E-state index in [-0.39, 0.29) is 16.8 Å². The van der Waals surface area contributed by atoms with Crippen LogP contribution in [0.15, 0.2) is 36.4 Å². The molecule has 0 aromatic heterocycles. The highest BCUT2D eigenvalue weighted by Crippen LogP contribution is 2.35. The van der Waals surface area contributed by atoms with Crippen LogP contribution in [0.5, 0.6) is 0 Å². The van der Waals surface area contributed by atoms with E-state index in [1.54, 1.807) is 0 Å². The number of halogens is 3. The molecular weight excluding hydrogens is 342 g/mol. The summed E-state index contributed by atoms with van der Waals surface area (Å²) in [6.07, 6.45) is 0.170. The van der Waals surface area contributed by atoms with Gasteiger partial charge in [0.25, 0.3) is 5.69 Å². The third kappa shape index (κ3) is 3.32. The third-order valence-corrected chi connectivity index (χ3v) is 4.18. The maximum absolute atomic E-state index is 13.4. The minimum Gasteiger partial charge on any atom is -0.378 e. The number of nitro groups is 1. The zero-order valence-electron chi connectivity index (χ0n) is 12.3. The lowest BCUT2D eigenvalue weighted by molar-refractivity contribution is -0.384. The van der Waals surface area contributed by atoms with Crippen LogP contribution in [0.25, 0.3) is 0 Å². The van der Waals surface area contributed by atoms with Gasteiger partial charge in [-0.2, -0.15) is 0 Å². The molecule has 1 fully saturated rings. The second-order valence-corrected chi connectivity index (χ2v) is 5.83. The van der Waals surface area contributed by atoms with Gasteiger partial charge < -0.3 is 10.1 Å². The Hall–Kier alpha value is -2.25. The van der Waals surface area contributed by atoms with Gasteiger partial charge in [0.15, 0.2) is 11.6 Å². The van der Waals surface area contributed by atoms with E-state index >= 15 is 0 Å². The fourth-order valence-electron chi connectivity index (χ4n) is 2.69. The quantitative estimate of drug-likeness (QED) is 0.650. The highest BCUT2D eigenvalue weighted by Gasteiger charge is 2.30. The van der Waals surface area contributed by atoms with Crippen LogP contribution in [0, 0.1) is 21.7 Å². The average molecular weight is 355 g/mol. The smallest absolute Gasteiger partial charge is 0.271 e. The number of non-ortho nitro benzene ring substituents is 1. The number of nitro benzene ring substituents is 1. The Morgan fingerprint density at radius 2 is 2.00 bits per heavy atom. The van der Waals surface area contributed by atoms with Crippen LogP contribution in [0.1, 0.15) is 18.1 Å². The summed E-state index contributed by atoms with van der Waals surface area (Å²) in [5.41, 5.74) is 0.928. The molecule has 8 heteroatoms. The molecule has 1 saturated heterocycles. The molecule has 0 aliphatic carbocycles. The van der Waals surface area contributed by atoms with Crippen molar-refractivity contribution in [2.24, 2.45) is 0 Å². The van der Waals surface area contributed by atoms with Gasteiger partial charge in [-0.1, -0.05) is 17.7 Å². The van der Waals surface area contributed by atoms with Crippen LogP contribution in [0.4, 0.5) is 20.2 Å². The van der Waals surface area contributed by atoms with Gasteiger partial charge in [0.2, 0.25) is 0 Å². The molecule has 2 aromatic carbocycles. The van der Waals surface area contributed by atoms with Crippen LogP contribution in [-0.4, -0.2) is 17.6 Å². The van der Waals surface area contributed by atoms with Crippen molar-refractivity contribution in [3.63, 3.8) is 0 Å². The molecule has 0 spiro atoms. The lowest BCUT2D eigenvalue weighted by Gasteiger charge is -2.22. The Labute approximate surface area is 141 Å². The summed E-state index contributed by atoms with van der Waals surface area (Å²) in [5, 5.41) is 14.1. The predicted molar refractivity (Wildman–Crippen MR) is 85.2 cm³/mol. The van der Waals surface area contributed by atoms with Crippen molar-refractivity contribution in [1.82, 2.24) is 0 Å². The van der Waals surface area contributed by atoms with E-state index in [1.807, 2.05) is 0 Å². The van der Waals surface area contributed by atoms with Crippen molar-refractivity contribution >= 4 is 23.0 Å². The molecular formula is C16H13ClF2N2O3. The molecule has 0 bridgehead atoms. The summed E-state index contributed by atoms with van der Waals surface area (Å²) in [6.45, 7) is 0.450. The molecule has 0 radical (unpaired) electrons. The van der Waals surface area contributed by atoms with Crippen LogP contribution in [0.3, 0.4) is 0 Å². The summed E-state index contributed by atoms with van der Waals surface area (Å²) >= 11 is 6.07. The first-order valence-corrected chi connectivity index (χ1v) is 7.60. The first-order chi connectivity index (χ1) is 11.5. The van der Waals surface area contributed by atoms with Gasteiger partial charge in [0.05, 0.1) is 21.7 Å². The topological polar surface area (TPSA) is 64.4 Å². The lowest BCUT2D eigenvalue weighted by atomic mass is 10.0. The highest BCUT2D eigenvalue weighted by molar-refractivity contribution is 6.33. The van der Waals surface area contributed by atoms with Crippen LogP contribution < -0.4 is 5.32 Å². The molecule has 0 saturated carbocycles. The van der Waals surface area contributed by atoms with Crippen molar-refractivity contribution < 1.29 is 18.4 Å². The number of ether oxygens (including phenoxy) is 1. The number of hydrogen-bond donors (Lipinski definition) is 1. The summed E-state index contributed by atoms with van der Waals surface area (Å²) in [7, 11) is 0. The third-order valence-electron chi connectivity index (χ3n) is 3.87. The van der Waals surface area contributed by atoms with E-state index in [0.717, 1.165) is 12.1 Å². The molecule has 126 valence electrons. The van der Waals surface area contributed by atoms with E-state index in [4.69, 9.17) is 16.3 Å². The fraction of sp³-hybridized carbons (Fsp3) is 0.250. The van der Waals surface area contributed by atoms with E-state index in [0.29, 0.717) is 24.3 Å². The van der Waals surface area contributed by atoms with Gasteiger partial charge in [0, 0.05) is 18.7 Å². The average Bonchev–Trinajstić information content (AvgIpc) is 3.00. The van der Waals surface area contributed by atoms with E-state index in [9.17, 15) is 18.9 Å². The normalized spacial score (nSPS) is 20.1. The minimum absolute atomic E-state index is 0.106. The Morgan fingerprint density at radius 3 is 2.67 bits per heavy atom. The predicted octanol–water partition coefficient (Wildman–Crippen LogP) is 4.47. The van der Waals surface area contributed by atoms with Gasteiger partial charge in [0.1, 0.15) is 6.10 Å². The van der Waals surface area contributed by atoms with Crippen LogP contribution in [0.2, 0.25) is 5.02 Å². The van der Waals surface area contributed by atoms with Crippen LogP contribution in [-0.2, 0) is 4.74 Å². The van der Waals surface area contributed by atoms with Gasteiger partial charge in [-0.3, -0.25) is 10.1 Å². The maximum atomic E-state index is 13.4. The molecule has 24 heavy (non-hydrogen) atoms. The van der Waals surface area contributed by atoms with Gasteiger partial charge in [-0.25, -0.2) is 8.78 Å². The SMILES string of the molecule is O=[N+]([O-])c1ccc(NC2CCOC2c2ccc(F)c(F)c2)c(Cl)c1. The first kappa shape index (κ1) is 16.6. The maximum Gasteiger partial charge on any atom is 0.271 e. The van der Waals surface area contributed by atoms with Gasteiger partial charge in [-0.05, 0) is 30.2 Å². The van der Waals surface area contributed by atoms with Crippen LogP contribution >= 0.6 is 11.6 Å². The van der Waals surface area contributed by atoms with E-state index in [2.05, 4.69) is 5.32 Å². The number of rotatable bonds is 4. The Morgan fingerprint density at radius 1 is 1.21 bits per heavy atom. The molecule has 1 heterocycles. The summed E-state index contributed by atoms with van der Waals surface area (Å²) in [4.78, 5) is 10.2. The molecule has 3 rings (SSSR count). The van der Waals surface area contributed by atoms with Crippen molar-refractivity contribution in [1.29, 1.82) is 0 Å². The van der Waals surface area contributed by atoms with Gasteiger partial charge in [-0.15, -0.1) is 0 Å². The van der Waals surface area contributed by atoms with Gasteiger partial charge >= 0.3 is 0 Å². The summed E-state index contributed by atoms with van der Waals surface area (Å²) < 4.78 is 32.1. The summed E-state index contributed by atoms with van der Waals surface area (Å²) in [5.74, 6) is -1.85. The zero-order chi connectivity index (χ0) is 17.3. The summed E-state index contributed by atoms with van der Waals surface area (Å²) in [6, 6.07) is 7.54. The molecule has 2 atom stereocenters. The molecule has 1 N–H and O–H groups in total. The van der Waals surface area contributed by atoms with Crippen molar-refractivity contribution in [3.8, 4) is 0 Å². The van der Waals surface area contributed by atoms with Crippen molar-refractivity contribution in [2.75, 3.05) is 11.9 Å². The number of nitrogens with zero attached hydrogens (tertiary/aromatic N) is 1. The standard InChI is InChI=1S/C16H13ClF2N2O3/c17-11-8-10(21(22)23)2-4-14(11)20-15-5-6-24-16(15)9-1-3-12(18)13(19)7-9/h1-4,7-8,15-16,20H,5-6H2. The molecule has 2 unspecified atom stereocenters. The monoisotopic (exact) mass is 354 g/mol. The number of nitrogens with one attached hydrogen (secondary N) is 1. The molecule has 5 nitrogen and oxygen atoms in total. The molecule has 1 aliphatic heterocycles. The second-order valence-electron chi connectivity index (χ2n) is 5.43. The molecule has 2 aromatic rings. The van der Waals surface area contributed by atoms with E-state index < -0.39 is 22.7 Å². The van der Waals surface area contributed by atoms with Crippen molar-refractivity contribution in [3.05, 3.63) is 68.7 Å². The first-order valence-electron chi connectivity index (χ1n) is 7.23. The number of hydrogen-bond acceptors (Lipinski definition) is 4. The number of anilines is 1. The zero-order valence-corrected chi connectivity index (χ0v) is 13.1. The lowest BCUT2D eigenvalue weighted by Crippen LogP contribution is -2.23. The second kappa shape index (κ2) is 6.70. The molecule has 1 aliphatic rings.